The van der Waals surface area contributed by atoms with Crippen LogP contribution in [0.15, 0.2) is 77.1 Å². The van der Waals surface area contributed by atoms with Crippen LogP contribution in [0.3, 0.4) is 0 Å². The molecule has 3 N–H and O–H groups in total. The van der Waals surface area contributed by atoms with Gasteiger partial charge in [0.05, 0.1) is 5.69 Å². The van der Waals surface area contributed by atoms with Crippen LogP contribution in [0.4, 0.5) is 17.1 Å². The van der Waals surface area contributed by atoms with Crippen molar-refractivity contribution in [2.75, 3.05) is 5.32 Å². The summed E-state index contributed by atoms with van der Waals surface area (Å²) in [5.74, 6) is 5.03. The molecule has 0 unspecified atom stereocenters. The molecular weight excluding hydrogens is 248 g/mol. The Morgan fingerprint density at radius 3 is 2.35 bits per heavy atom. The summed E-state index contributed by atoms with van der Waals surface area (Å²) < 4.78 is 0. The van der Waals surface area contributed by atoms with E-state index in [1.807, 2.05) is 42.5 Å². The fourth-order valence-corrected chi connectivity index (χ4v) is 2.17. The Morgan fingerprint density at radius 1 is 0.800 bits per heavy atom. The molecule has 0 aliphatic rings. The average Bonchev–Trinajstić information content (AvgIpc) is 2.50. The Balaban J connectivity index is 1.93. The molecular formula is C16H14N4. The summed E-state index contributed by atoms with van der Waals surface area (Å²) in [6.07, 6.45) is 0. The largest absolute Gasteiger partial charge is 0.355 e. The van der Waals surface area contributed by atoms with Gasteiger partial charge >= 0.3 is 0 Å². The Kier molecular flexibility index (Phi) is 3.29. The molecule has 0 aliphatic carbocycles. The third-order valence-electron chi connectivity index (χ3n) is 3.11. The quantitative estimate of drug-likeness (QED) is 0.413. The van der Waals surface area contributed by atoms with Gasteiger partial charge in [-0.05, 0) is 35.7 Å². The van der Waals surface area contributed by atoms with Gasteiger partial charge in [0, 0.05) is 16.8 Å². The van der Waals surface area contributed by atoms with Gasteiger partial charge in [-0.3, -0.25) is 0 Å². The van der Waals surface area contributed by atoms with Crippen LogP contribution in [0.25, 0.3) is 10.8 Å². The molecule has 0 aromatic heterocycles. The van der Waals surface area contributed by atoms with Crippen LogP contribution in [0.5, 0.6) is 0 Å². The Labute approximate surface area is 116 Å². The molecule has 20 heavy (non-hydrogen) atoms. The molecule has 0 amide bonds. The smallest absolute Gasteiger partial charge is 0.0875 e. The first kappa shape index (κ1) is 12.2. The molecule has 0 saturated heterocycles. The van der Waals surface area contributed by atoms with Crippen LogP contribution in [0.2, 0.25) is 0 Å². The highest BCUT2D eigenvalue weighted by Crippen LogP contribution is 2.27. The van der Waals surface area contributed by atoms with Crippen molar-refractivity contribution in [1.82, 2.24) is 0 Å². The number of nitrogens with zero attached hydrogens (tertiary/aromatic N) is 2. The Bertz CT molecular complexity index is 743. The van der Waals surface area contributed by atoms with Gasteiger partial charge in [0.15, 0.2) is 0 Å². The van der Waals surface area contributed by atoms with Gasteiger partial charge in [0.1, 0.15) is 0 Å². The summed E-state index contributed by atoms with van der Waals surface area (Å²) in [4.78, 5) is 0. The van der Waals surface area contributed by atoms with E-state index in [0.717, 1.165) is 17.1 Å². The fourth-order valence-electron chi connectivity index (χ4n) is 2.17. The van der Waals surface area contributed by atoms with Crippen LogP contribution in [-0.4, -0.2) is 0 Å². The average molecular weight is 262 g/mol. The van der Waals surface area contributed by atoms with Crippen LogP contribution in [0, 0.1) is 0 Å². The van der Waals surface area contributed by atoms with Gasteiger partial charge in [0.25, 0.3) is 0 Å². The van der Waals surface area contributed by atoms with Crippen LogP contribution >= 0.6 is 0 Å². The lowest BCUT2D eigenvalue weighted by atomic mass is 10.1. The van der Waals surface area contributed by atoms with Crippen molar-refractivity contribution in [3.8, 4) is 0 Å². The highest BCUT2D eigenvalue weighted by molar-refractivity contribution is 5.95. The zero-order valence-corrected chi connectivity index (χ0v) is 10.8. The zero-order chi connectivity index (χ0) is 13.8. The number of fused-ring (bicyclic) bond motifs is 1. The van der Waals surface area contributed by atoms with Crippen molar-refractivity contribution in [3.63, 3.8) is 0 Å². The molecule has 3 aromatic rings. The van der Waals surface area contributed by atoms with E-state index >= 15 is 0 Å². The Hall–Kier alpha value is -2.88. The first-order valence-electron chi connectivity index (χ1n) is 6.32. The second-order valence-corrected chi connectivity index (χ2v) is 4.41. The second-order valence-electron chi connectivity index (χ2n) is 4.41. The van der Waals surface area contributed by atoms with E-state index in [2.05, 4.69) is 39.9 Å². The van der Waals surface area contributed by atoms with Crippen molar-refractivity contribution in [3.05, 3.63) is 66.7 Å². The van der Waals surface area contributed by atoms with Gasteiger partial charge in [0.2, 0.25) is 0 Å². The fraction of sp³-hybridized carbons (Fsp3) is 0. The molecule has 0 spiro atoms. The number of hydrogen-bond acceptors (Lipinski definition) is 3. The predicted octanol–water partition coefficient (Wildman–Crippen LogP) is 4.54. The maximum atomic E-state index is 5.03. The number of hydrogen-bond donors (Lipinski definition) is 2. The lowest BCUT2D eigenvalue weighted by Gasteiger charge is -2.09. The van der Waals surface area contributed by atoms with Crippen LogP contribution in [-0.2, 0) is 0 Å². The summed E-state index contributed by atoms with van der Waals surface area (Å²) in [7, 11) is 0. The molecule has 3 aromatic carbocycles. The molecule has 0 saturated carbocycles. The van der Waals surface area contributed by atoms with Crippen molar-refractivity contribution in [2.24, 2.45) is 16.2 Å². The lowest BCUT2D eigenvalue weighted by Crippen LogP contribution is -1.90. The van der Waals surface area contributed by atoms with Crippen molar-refractivity contribution in [2.45, 2.75) is 0 Å². The highest BCUT2D eigenvalue weighted by Gasteiger charge is 2.00. The van der Waals surface area contributed by atoms with E-state index in [1.165, 1.54) is 10.8 Å². The van der Waals surface area contributed by atoms with Crippen molar-refractivity contribution < 1.29 is 0 Å². The molecule has 0 heterocycles. The van der Waals surface area contributed by atoms with E-state index in [1.54, 1.807) is 0 Å². The van der Waals surface area contributed by atoms with Crippen molar-refractivity contribution in [1.29, 1.82) is 0 Å². The molecule has 3 rings (SSSR count). The third kappa shape index (κ3) is 2.44. The van der Waals surface area contributed by atoms with Gasteiger partial charge in [-0.15, -0.1) is 5.11 Å². The SMILES string of the molecule is NN=Nc1ccc(Nc2cccc3ccccc23)cc1. The summed E-state index contributed by atoms with van der Waals surface area (Å²) in [6, 6.07) is 22.1. The normalized spacial score (nSPS) is 11.0. The molecule has 0 atom stereocenters. The van der Waals surface area contributed by atoms with E-state index < -0.39 is 0 Å². The number of benzene rings is 3. The first-order chi connectivity index (χ1) is 9.86. The second kappa shape index (κ2) is 5.40. The highest BCUT2D eigenvalue weighted by atomic mass is 15.3. The Morgan fingerprint density at radius 2 is 1.55 bits per heavy atom. The van der Waals surface area contributed by atoms with Gasteiger partial charge < -0.3 is 11.2 Å². The number of nitrogens with one attached hydrogen (secondary N) is 1. The summed E-state index contributed by atoms with van der Waals surface area (Å²) in [5, 5.41) is 12.9. The summed E-state index contributed by atoms with van der Waals surface area (Å²) in [5.41, 5.74) is 2.81. The number of nitrogens with two attached hydrogens (primary N) is 1. The van der Waals surface area contributed by atoms with E-state index in [0.29, 0.717) is 0 Å². The van der Waals surface area contributed by atoms with Crippen molar-refractivity contribution >= 4 is 27.8 Å². The van der Waals surface area contributed by atoms with Crippen LogP contribution < -0.4 is 11.2 Å². The maximum Gasteiger partial charge on any atom is 0.0875 e. The monoisotopic (exact) mass is 262 g/mol. The molecule has 0 fully saturated rings. The molecule has 4 heteroatoms. The maximum absolute atomic E-state index is 5.03. The van der Waals surface area contributed by atoms with Gasteiger partial charge in [-0.25, -0.2) is 0 Å². The molecule has 98 valence electrons. The van der Waals surface area contributed by atoms with Gasteiger partial charge in [-0.2, -0.15) is 0 Å². The summed E-state index contributed by atoms with van der Waals surface area (Å²) >= 11 is 0. The topological polar surface area (TPSA) is 62.8 Å². The third-order valence-corrected chi connectivity index (χ3v) is 3.11. The minimum atomic E-state index is 0.732. The minimum Gasteiger partial charge on any atom is -0.355 e. The molecule has 0 bridgehead atoms. The van der Waals surface area contributed by atoms with Crippen LogP contribution in [0.1, 0.15) is 0 Å². The number of anilines is 2. The van der Waals surface area contributed by atoms with Gasteiger partial charge in [-0.1, -0.05) is 41.6 Å². The van der Waals surface area contributed by atoms with E-state index in [-0.39, 0.29) is 0 Å². The summed E-state index contributed by atoms with van der Waals surface area (Å²) in [6.45, 7) is 0. The standard InChI is InChI=1S/C16H14N4/c17-20-19-14-10-8-13(9-11-14)18-16-7-3-5-12-4-1-2-6-15(12)16/h1-11,18H,(H2,17,19). The number of rotatable bonds is 3. The van der Waals surface area contributed by atoms with E-state index in [4.69, 9.17) is 5.84 Å². The first-order valence-corrected chi connectivity index (χ1v) is 6.32. The predicted molar refractivity (Wildman–Crippen MR) is 82.4 cm³/mol. The zero-order valence-electron chi connectivity index (χ0n) is 10.8. The minimum absolute atomic E-state index is 0.732. The van der Waals surface area contributed by atoms with E-state index in [9.17, 15) is 0 Å². The lowest BCUT2D eigenvalue weighted by molar-refractivity contribution is 1.06. The molecule has 0 radical (unpaired) electrons. The molecule has 0 aliphatic heterocycles. The molecule has 4 nitrogen and oxygen atoms in total.